The predicted molar refractivity (Wildman–Crippen MR) is 88.2 cm³/mol. The van der Waals surface area contributed by atoms with Gasteiger partial charge in [-0.05, 0) is 25.5 Å². The Hall–Kier alpha value is -1.77. The Bertz CT molecular complexity index is 679. The molecule has 0 spiro atoms. The van der Waals surface area contributed by atoms with Gasteiger partial charge in [-0.2, -0.15) is 0 Å². The first kappa shape index (κ1) is 18.6. The minimum absolute atomic E-state index is 0.0177. The van der Waals surface area contributed by atoms with Crippen molar-refractivity contribution in [3.05, 3.63) is 29.8 Å². The molecule has 1 aliphatic heterocycles. The summed E-state index contributed by atoms with van der Waals surface area (Å²) >= 11 is 0. The fourth-order valence-corrected chi connectivity index (χ4v) is 3.37. The van der Waals surface area contributed by atoms with Crippen LogP contribution in [0.1, 0.15) is 30.1 Å². The summed E-state index contributed by atoms with van der Waals surface area (Å²) in [5.41, 5.74) is 0.448. The van der Waals surface area contributed by atoms with Gasteiger partial charge in [-0.3, -0.25) is 9.59 Å². The normalized spacial score (nSPS) is 17.6. The van der Waals surface area contributed by atoms with E-state index in [2.05, 4.69) is 10.0 Å². The van der Waals surface area contributed by atoms with Gasteiger partial charge in [0.25, 0.3) is 0 Å². The van der Waals surface area contributed by atoms with Crippen molar-refractivity contribution in [2.75, 3.05) is 26.3 Å². The summed E-state index contributed by atoms with van der Waals surface area (Å²) in [6.45, 7) is 3.37. The third-order valence-corrected chi connectivity index (χ3v) is 5.30. The van der Waals surface area contributed by atoms with Gasteiger partial charge < -0.3 is 10.1 Å². The summed E-state index contributed by atoms with van der Waals surface area (Å²) in [6.07, 6.45) is 1.00. The van der Waals surface area contributed by atoms with Crippen LogP contribution in [-0.2, 0) is 19.6 Å². The van der Waals surface area contributed by atoms with E-state index in [4.69, 9.17) is 4.74 Å². The monoisotopic (exact) mass is 354 g/mol. The number of nitrogens with one attached hydrogen (secondary N) is 2. The lowest BCUT2D eigenvalue weighted by molar-refractivity contribution is -0.121. The molecule has 1 heterocycles. The number of hydrogen-bond donors (Lipinski definition) is 2. The smallest absolute Gasteiger partial charge is 0.240 e. The van der Waals surface area contributed by atoms with Crippen molar-refractivity contribution in [1.29, 1.82) is 0 Å². The van der Waals surface area contributed by atoms with Crippen LogP contribution in [-0.4, -0.2) is 46.4 Å². The molecule has 2 rings (SSSR count). The summed E-state index contributed by atoms with van der Waals surface area (Å²) in [6, 6.07) is 5.68. The number of benzene rings is 1. The minimum atomic E-state index is -3.69. The number of rotatable bonds is 8. The van der Waals surface area contributed by atoms with Crippen LogP contribution in [0.3, 0.4) is 0 Å². The first-order valence-corrected chi connectivity index (χ1v) is 9.32. The fraction of sp³-hybridized carbons (Fsp3) is 0.500. The molecule has 0 bridgehead atoms. The van der Waals surface area contributed by atoms with Gasteiger partial charge in [0, 0.05) is 37.6 Å². The van der Waals surface area contributed by atoms with Gasteiger partial charge in [0.1, 0.15) is 0 Å². The number of ether oxygens (including phenoxy) is 1. The van der Waals surface area contributed by atoms with E-state index in [0.29, 0.717) is 24.6 Å². The summed E-state index contributed by atoms with van der Waals surface area (Å²) < 4.78 is 31.8. The van der Waals surface area contributed by atoms with Crippen LogP contribution in [0.2, 0.25) is 0 Å². The Morgan fingerprint density at radius 3 is 2.54 bits per heavy atom. The molecule has 1 aliphatic rings. The van der Waals surface area contributed by atoms with E-state index in [9.17, 15) is 18.0 Å². The highest BCUT2D eigenvalue weighted by molar-refractivity contribution is 7.89. The molecule has 1 amide bonds. The lowest BCUT2D eigenvalue weighted by Crippen LogP contribution is -2.33. The third-order valence-electron chi connectivity index (χ3n) is 3.83. The quantitative estimate of drug-likeness (QED) is 0.670. The van der Waals surface area contributed by atoms with Crippen LogP contribution in [0.5, 0.6) is 0 Å². The topological polar surface area (TPSA) is 102 Å². The number of hydrogen-bond acceptors (Lipinski definition) is 5. The van der Waals surface area contributed by atoms with Crippen molar-refractivity contribution in [2.24, 2.45) is 5.92 Å². The molecule has 8 heteroatoms. The summed E-state index contributed by atoms with van der Waals surface area (Å²) in [4.78, 5) is 23.0. The second-order valence-electron chi connectivity index (χ2n) is 5.76. The van der Waals surface area contributed by atoms with E-state index >= 15 is 0 Å². The maximum Gasteiger partial charge on any atom is 0.240 e. The molecule has 2 N–H and O–H groups in total. The van der Waals surface area contributed by atoms with Gasteiger partial charge in [-0.15, -0.1) is 0 Å². The van der Waals surface area contributed by atoms with E-state index in [1.165, 1.54) is 31.2 Å². The summed E-state index contributed by atoms with van der Waals surface area (Å²) in [5, 5.41) is 2.78. The molecule has 1 aromatic rings. The van der Waals surface area contributed by atoms with Gasteiger partial charge in [0.15, 0.2) is 5.78 Å². The van der Waals surface area contributed by atoms with Crippen LogP contribution in [0.15, 0.2) is 29.2 Å². The first-order chi connectivity index (χ1) is 11.4. The highest BCUT2D eigenvalue weighted by atomic mass is 32.2. The average Bonchev–Trinajstić information content (AvgIpc) is 3.06. The number of Topliss-reactive ketones (excluding diaryl/α,β-unsaturated/α-hetero) is 1. The molecule has 1 unspecified atom stereocenters. The van der Waals surface area contributed by atoms with E-state index in [-0.39, 0.29) is 29.6 Å². The largest absolute Gasteiger partial charge is 0.381 e. The second kappa shape index (κ2) is 8.36. The Balaban J connectivity index is 1.77. The van der Waals surface area contributed by atoms with Gasteiger partial charge in [-0.25, -0.2) is 13.1 Å². The molecule has 1 atom stereocenters. The van der Waals surface area contributed by atoms with Crippen molar-refractivity contribution in [3.63, 3.8) is 0 Å². The van der Waals surface area contributed by atoms with Crippen LogP contribution in [0.25, 0.3) is 0 Å². The zero-order valence-corrected chi connectivity index (χ0v) is 14.4. The number of carbonyl (C=O) groups excluding carboxylic acids is 2. The predicted octanol–water partition coefficient (Wildman–Crippen LogP) is 0.710. The molecular weight excluding hydrogens is 332 g/mol. The molecule has 0 radical (unpaired) electrons. The zero-order valence-electron chi connectivity index (χ0n) is 13.6. The van der Waals surface area contributed by atoms with Crippen molar-refractivity contribution >= 4 is 21.7 Å². The molecule has 132 valence electrons. The van der Waals surface area contributed by atoms with Crippen LogP contribution < -0.4 is 10.0 Å². The fourth-order valence-electron chi connectivity index (χ4n) is 2.34. The highest BCUT2D eigenvalue weighted by Crippen LogP contribution is 2.11. The number of sulfonamides is 1. The lowest BCUT2D eigenvalue weighted by Gasteiger charge is -2.10. The third kappa shape index (κ3) is 5.40. The van der Waals surface area contributed by atoms with Crippen molar-refractivity contribution in [1.82, 2.24) is 10.0 Å². The number of amides is 1. The van der Waals surface area contributed by atoms with E-state index in [1.54, 1.807) is 0 Å². The first-order valence-electron chi connectivity index (χ1n) is 7.83. The summed E-state index contributed by atoms with van der Waals surface area (Å²) in [7, 11) is -3.69. The van der Waals surface area contributed by atoms with Gasteiger partial charge >= 0.3 is 0 Å². The molecule has 1 fully saturated rings. The Labute approximate surface area is 141 Å². The van der Waals surface area contributed by atoms with Gasteiger partial charge in [0.2, 0.25) is 15.9 Å². The van der Waals surface area contributed by atoms with Crippen LogP contribution >= 0.6 is 0 Å². The molecule has 1 aromatic carbocycles. The molecule has 1 saturated heterocycles. The molecule has 0 aliphatic carbocycles. The Kier molecular flexibility index (Phi) is 6.47. The molecule has 7 nitrogen and oxygen atoms in total. The number of ketones is 1. The van der Waals surface area contributed by atoms with E-state index in [1.807, 2.05) is 0 Å². The minimum Gasteiger partial charge on any atom is -0.381 e. The molecule has 0 aromatic heterocycles. The van der Waals surface area contributed by atoms with Crippen LogP contribution in [0.4, 0.5) is 0 Å². The maximum atomic E-state index is 12.1. The van der Waals surface area contributed by atoms with E-state index < -0.39 is 10.0 Å². The van der Waals surface area contributed by atoms with Gasteiger partial charge in [-0.1, -0.05) is 12.1 Å². The Morgan fingerprint density at radius 1 is 1.25 bits per heavy atom. The lowest BCUT2D eigenvalue weighted by atomic mass is 10.1. The van der Waals surface area contributed by atoms with Crippen LogP contribution in [0, 0.1) is 5.92 Å². The average molecular weight is 354 g/mol. The van der Waals surface area contributed by atoms with E-state index in [0.717, 1.165) is 13.0 Å². The number of carbonyl (C=O) groups is 2. The van der Waals surface area contributed by atoms with Crippen molar-refractivity contribution < 1.29 is 22.7 Å². The molecular formula is C16H22N2O5S. The summed E-state index contributed by atoms with van der Waals surface area (Å²) in [5.74, 6) is 0.0122. The van der Waals surface area contributed by atoms with Gasteiger partial charge in [0.05, 0.1) is 11.5 Å². The van der Waals surface area contributed by atoms with Crippen molar-refractivity contribution in [3.8, 4) is 0 Å². The SMILES string of the molecule is CC(=O)c1ccc(S(=O)(=O)NCCC(=O)NCC2CCOC2)cc1. The second-order valence-corrected chi connectivity index (χ2v) is 7.53. The highest BCUT2D eigenvalue weighted by Gasteiger charge is 2.17. The maximum absolute atomic E-state index is 12.1. The molecule has 24 heavy (non-hydrogen) atoms. The Morgan fingerprint density at radius 2 is 1.96 bits per heavy atom. The standard InChI is InChI=1S/C16H22N2O5S/c1-12(19)14-2-4-15(5-3-14)24(21,22)18-8-6-16(20)17-10-13-7-9-23-11-13/h2-5,13,18H,6-11H2,1H3,(H,17,20). The van der Waals surface area contributed by atoms with Crippen molar-refractivity contribution in [2.45, 2.75) is 24.7 Å². The molecule has 0 saturated carbocycles. The zero-order chi connectivity index (χ0) is 17.6.